The lowest BCUT2D eigenvalue weighted by Gasteiger charge is -2.16. The zero-order chi connectivity index (χ0) is 21.2. The number of carbonyl (C=O) groups is 1. The summed E-state index contributed by atoms with van der Waals surface area (Å²) in [5, 5.41) is 2.27. The molecule has 0 spiro atoms. The highest BCUT2D eigenvalue weighted by Crippen LogP contribution is 2.25. The van der Waals surface area contributed by atoms with Gasteiger partial charge in [-0.15, -0.1) is 0 Å². The van der Waals surface area contributed by atoms with Gasteiger partial charge in [-0.1, -0.05) is 0 Å². The maximum atomic E-state index is 13.7. The Morgan fingerprint density at radius 2 is 1.55 bits per heavy atom. The van der Waals surface area contributed by atoms with Gasteiger partial charge in [0.25, 0.3) is 10.0 Å². The average Bonchev–Trinajstić information content (AvgIpc) is 3.19. The summed E-state index contributed by atoms with van der Waals surface area (Å²) in [6.07, 6.45) is 1.60. The first-order valence-electron chi connectivity index (χ1n) is 8.80. The van der Waals surface area contributed by atoms with Crippen LogP contribution in [0.2, 0.25) is 0 Å². The van der Waals surface area contributed by atoms with E-state index in [2.05, 4.69) is 10.0 Å². The number of nitrogens with zero attached hydrogens (tertiary/aromatic N) is 1. The fraction of sp³-hybridized carbons (Fsp3) is 0.278. The predicted octanol–water partition coefficient (Wildman–Crippen LogP) is 2.37. The third kappa shape index (κ3) is 4.74. The molecule has 2 N–H and O–H groups in total. The van der Waals surface area contributed by atoms with Crippen molar-refractivity contribution in [2.75, 3.05) is 23.1 Å². The van der Waals surface area contributed by atoms with Crippen molar-refractivity contribution >= 4 is 37.3 Å². The van der Waals surface area contributed by atoms with E-state index in [1.807, 2.05) is 0 Å². The molecular formula is C18H20FN3O5S2. The van der Waals surface area contributed by atoms with Gasteiger partial charge in [0.15, 0.2) is 0 Å². The minimum Gasteiger partial charge on any atom is -0.324 e. The summed E-state index contributed by atoms with van der Waals surface area (Å²) in [5.74, 6) is -1.21. The molecule has 0 aromatic heterocycles. The molecule has 0 bridgehead atoms. The number of anilines is 2. The SMILES string of the molecule is CC(=O)Nc1cc(NS(=O)(=O)c2ccc(S(=O)(=O)N3CCCC3)cc2)ccc1F. The quantitative estimate of drug-likeness (QED) is 0.715. The lowest BCUT2D eigenvalue weighted by molar-refractivity contribution is -0.114. The summed E-state index contributed by atoms with van der Waals surface area (Å²) >= 11 is 0. The highest BCUT2D eigenvalue weighted by Gasteiger charge is 2.27. The van der Waals surface area contributed by atoms with Crippen LogP contribution in [0.1, 0.15) is 19.8 Å². The lowest BCUT2D eigenvalue weighted by atomic mass is 10.2. The van der Waals surface area contributed by atoms with E-state index in [0.29, 0.717) is 13.1 Å². The van der Waals surface area contributed by atoms with Crippen molar-refractivity contribution in [3.05, 3.63) is 48.3 Å². The number of carbonyl (C=O) groups excluding carboxylic acids is 1. The normalized spacial score (nSPS) is 15.2. The molecule has 1 amide bonds. The van der Waals surface area contributed by atoms with Crippen LogP contribution in [0.25, 0.3) is 0 Å². The largest absolute Gasteiger partial charge is 0.324 e. The molecular weight excluding hydrogens is 421 g/mol. The van der Waals surface area contributed by atoms with Crippen LogP contribution in [0, 0.1) is 5.82 Å². The van der Waals surface area contributed by atoms with Crippen LogP contribution in [0.5, 0.6) is 0 Å². The summed E-state index contributed by atoms with van der Waals surface area (Å²) in [6, 6.07) is 8.28. The second-order valence-electron chi connectivity index (χ2n) is 6.56. The summed E-state index contributed by atoms with van der Waals surface area (Å²) in [6.45, 7) is 2.10. The summed E-state index contributed by atoms with van der Waals surface area (Å²) in [4.78, 5) is 11.0. The van der Waals surface area contributed by atoms with E-state index in [1.165, 1.54) is 41.6 Å². The van der Waals surface area contributed by atoms with Crippen molar-refractivity contribution in [3.8, 4) is 0 Å². The van der Waals surface area contributed by atoms with Crippen molar-refractivity contribution in [3.63, 3.8) is 0 Å². The van der Waals surface area contributed by atoms with E-state index in [1.54, 1.807) is 0 Å². The van der Waals surface area contributed by atoms with Gasteiger partial charge in [-0.05, 0) is 55.3 Å². The molecule has 3 rings (SSSR count). The van der Waals surface area contributed by atoms with E-state index in [9.17, 15) is 26.0 Å². The van der Waals surface area contributed by atoms with Crippen LogP contribution < -0.4 is 10.0 Å². The highest BCUT2D eigenvalue weighted by atomic mass is 32.2. The molecule has 0 atom stereocenters. The first-order valence-corrected chi connectivity index (χ1v) is 11.7. The average molecular weight is 442 g/mol. The van der Waals surface area contributed by atoms with Gasteiger partial charge < -0.3 is 5.32 Å². The van der Waals surface area contributed by atoms with Gasteiger partial charge in [-0.2, -0.15) is 4.31 Å². The van der Waals surface area contributed by atoms with Crippen LogP contribution in [-0.2, 0) is 24.8 Å². The Morgan fingerprint density at radius 1 is 0.966 bits per heavy atom. The Balaban J connectivity index is 1.82. The molecule has 1 aliphatic rings. The van der Waals surface area contributed by atoms with Gasteiger partial charge in [-0.3, -0.25) is 9.52 Å². The number of amides is 1. The predicted molar refractivity (Wildman–Crippen MR) is 106 cm³/mol. The number of benzene rings is 2. The zero-order valence-corrected chi connectivity index (χ0v) is 17.2. The highest BCUT2D eigenvalue weighted by molar-refractivity contribution is 7.92. The van der Waals surface area contributed by atoms with E-state index >= 15 is 0 Å². The molecule has 1 fully saturated rings. The molecule has 0 aliphatic carbocycles. The van der Waals surface area contributed by atoms with Crippen LogP contribution >= 0.6 is 0 Å². The maximum Gasteiger partial charge on any atom is 0.261 e. The number of nitrogens with one attached hydrogen (secondary N) is 2. The molecule has 1 aliphatic heterocycles. The Kier molecular flexibility index (Phi) is 5.92. The van der Waals surface area contributed by atoms with Crippen molar-refractivity contribution in [2.45, 2.75) is 29.6 Å². The fourth-order valence-corrected chi connectivity index (χ4v) is 5.52. The van der Waals surface area contributed by atoms with E-state index in [-0.39, 0.29) is 21.2 Å². The van der Waals surface area contributed by atoms with E-state index < -0.39 is 31.8 Å². The molecule has 0 radical (unpaired) electrons. The third-order valence-electron chi connectivity index (χ3n) is 4.37. The lowest BCUT2D eigenvalue weighted by Crippen LogP contribution is -2.27. The number of hydrogen-bond donors (Lipinski definition) is 2. The number of sulfonamides is 2. The van der Waals surface area contributed by atoms with Gasteiger partial charge in [0.1, 0.15) is 5.82 Å². The first-order chi connectivity index (χ1) is 13.6. The molecule has 156 valence electrons. The van der Waals surface area contributed by atoms with Gasteiger partial charge in [0, 0.05) is 20.0 Å². The first kappa shape index (κ1) is 21.2. The third-order valence-corrected chi connectivity index (χ3v) is 7.68. The number of hydrogen-bond acceptors (Lipinski definition) is 5. The molecule has 11 heteroatoms. The number of rotatable bonds is 6. The minimum absolute atomic E-state index is 0.0214. The Labute approximate surface area is 168 Å². The second kappa shape index (κ2) is 8.09. The summed E-state index contributed by atoms with van der Waals surface area (Å²) < 4.78 is 67.6. The Bertz CT molecular complexity index is 1130. The van der Waals surface area contributed by atoms with Gasteiger partial charge in [-0.25, -0.2) is 21.2 Å². The monoisotopic (exact) mass is 441 g/mol. The molecule has 2 aromatic carbocycles. The van der Waals surface area contributed by atoms with Gasteiger partial charge in [0.2, 0.25) is 15.9 Å². The molecule has 8 nitrogen and oxygen atoms in total. The van der Waals surface area contributed by atoms with Crippen LogP contribution in [0.15, 0.2) is 52.3 Å². The standard InChI is InChI=1S/C18H20FN3O5S2/c1-13(23)20-18-12-14(4-9-17(18)19)21-28(24,25)15-5-7-16(8-6-15)29(26,27)22-10-2-3-11-22/h4-9,12,21H,2-3,10-11H2,1H3,(H,20,23). The molecule has 1 saturated heterocycles. The zero-order valence-electron chi connectivity index (χ0n) is 15.6. The van der Waals surface area contributed by atoms with E-state index in [0.717, 1.165) is 25.0 Å². The van der Waals surface area contributed by atoms with Crippen LogP contribution in [0.3, 0.4) is 0 Å². The summed E-state index contributed by atoms with van der Waals surface area (Å²) in [7, 11) is -7.69. The smallest absolute Gasteiger partial charge is 0.261 e. The Hall–Kier alpha value is -2.50. The fourth-order valence-electron chi connectivity index (χ4n) is 2.96. The van der Waals surface area contributed by atoms with Crippen molar-refractivity contribution in [1.29, 1.82) is 0 Å². The van der Waals surface area contributed by atoms with E-state index in [4.69, 9.17) is 0 Å². The number of halogens is 1. The van der Waals surface area contributed by atoms with Crippen LogP contribution in [-0.4, -0.2) is 40.1 Å². The van der Waals surface area contributed by atoms with Gasteiger partial charge in [0.05, 0.1) is 21.2 Å². The molecule has 0 unspecified atom stereocenters. The Morgan fingerprint density at radius 3 is 2.14 bits per heavy atom. The topological polar surface area (TPSA) is 113 Å². The van der Waals surface area contributed by atoms with Gasteiger partial charge >= 0.3 is 0 Å². The molecule has 1 heterocycles. The van der Waals surface area contributed by atoms with Crippen molar-refractivity contribution in [1.82, 2.24) is 4.31 Å². The maximum absolute atomic E-state index is 13.7. The molecule has 2 aromatic rings. The summed E-state index contributed by atoms with van der Waals surface area (Å²) in [5.41, 5.74) is -0.117. The molecule has 29 heavy (non-hydrogen) atoms. The van der Waals surface area contributed by atoms with Crippen molar-refractivity contribution in [2.24, 2.45) is 0 Å². The molecule has 0 saturated carbocycles. The minimum atomic E-state index is -4.05. The second-order valence-corrected chi connectivity index (χ2v) is 10.2. The van der Waals surface area contributed by atoms with Crippen molar-refractivity contribution < 1.29 is 26.0 Å². The van der Waals surface area contributed by atoms with Crippen LogP contribution in [0.4, 0.5) is 15.8 Å².